The molecule has 10 heteroatoms. The average molecular weight is 525 g/mol. The molecule has 0 bridgehead atoms. The molecule has 2 aliphatic rings. The fourth-order valence-corrected chi connectivity index (χ4v) is 5.22. The molecule has 2 aromatic carbocycles. The molecule has 2 heterocycles. The van der Waals surface area contributed by atoms with Crippen molar-refractivity contribution in [3.05, 3.63) is 81.9 Å². The molecular formula is C27H28N2O7S. The van der Waals surface area contributed by atoms with Crippen molar-refractivity contribution in [3.63, 3.8) is 0 Å². The molecule has 1 fully saturated rings. The van der Waals surface area contributed by atoms with Crippen molar-refractivity contribution in [3.8, 4) is 11.8 Å². The smallest absolute Gasteiger partial charge is 0.164 e. The molecule has 0 radical (unpaired) electrons. The second-order valence-electron chi connectivity index (χ2n) is 8.83. The van der Waals surface area contributed by atoms with Crippen LogP contribution in [-0.2, 0) is 9.53 Å². The van der Waals surface area contributed by atoms with Crippen LogP contribution < -0.4 is 4.74 Å². The number of thiol groups is 1. The van der Waals surface area contributed by atoms with Crippen molar-refractivity contribution in [2.45, 2.75) is 43.5 Å². The quantitative estimate of drug-likeness (QED) is 0.356. The number of allylic oxidation sites excluding steroid dienone is 2. The molecule has 0 saturated carbocycles. The fourth-order valence-electron chi connectivity index (χ4n) is 4.82. The molecule has 0 amide bonds. The van der Waals surface area contributed by atoms with Crippen LogP contribution in [0.4, 0.5) is 0 Å². The Morgan fingerprint density at radius 2 is 1.73 bits per heavy atom. The Bertz CT molecular complexity index is 1250. The van der Waals surface area contributed by atoms with Gasteiger partial charge in [0.2, 0.25) is 0 Å². The maximum absolute atomic E-state index is 13.3. The Morgan fingerprint density at radius 3 is 2.27 bits per heavy atom. The van der Waals surface area contributed by atoms with Gasteiger partial charge >= 0.3 is 0 Å². The van der Waals surface area contributed by atoms with E-state index in [1.165, 1.54) is 18.9 Å². The molecule has 0 spiro atoms. The topological polar surface area (TPSA) is 143 Å². The highest BCUT2D eigenvalue weighted by atomic mass is 32.1. The van der Waals surface area contributed by atoms with Crippen molar-refractivity contribution in [2.24, 2.45) is 0 Å². The molecule has 4 rings (SSSR count). The minimum atomic E-state index is -1.67. The number of nitriles is 1. The summed E-state index contributed by atoms with van der Waals surface area (Å²) in [6, 6.07) is 18.0. The maximum Gasteiger partial charge on any atom is 0.164 e. The van der Waals surface area contributed by atoms with Crippen LogP contribution in [0.15, 0.2) is 70.8 Å². The van der Waals surface area contributed by atoms with Gasteiger partial charge in [-0.3, -0.25) is 4.79 Å². The lowest BCUT2D eigenvalue weighted by Gasteiger charge is -2.48. The number of hydrogen-bond donors (Lipinski definition) is 5. The van der Waals surface area contributed by atoms with Gasteiger partial charge in [0.1, 0.15) is 30.2 Å². The highest BCUT2D eigenvalue weighted by Gasteiger charge is 2.49. The van der Waals surface area contributed by atoms with Crippen LogP contribution in [0.5, 0.6) is 5.75 Å². The molecule has 0 aliphatic carbocycles. The SMILES string of the molecule is COc1ccc([C@H]2C(C#N)=C(S)N([C@@H]3O[C@@H](CO)[C@@H](O)[C@@H](O)[C@H]3O)C(c3ccccc3)=C2C(C)=O)cc1. The number of aliphatic hydroxyl groups is 4. The van der Waals surface area contributed by atoms with E-state index in [1.807, 2.05) is 0 Å². The summed E-state index contributed by atoms with van der Waals surface area (Å²) >= 11 is 4.68. The van der Waals surface area contributed by atoms with Crippen molar-refractivity contribution < 1.29 is 34.7 Å². The Balaban J connectivity index is 2.00. The van der Waals surface area contributed by atoms with Gasteiger partial charge in [0.05, 0.1) is 42.0 Å². The molecule has 4 N–H and O–H groups in total. The van der Waals surface area contributed by atoms with Gasteiger partial charge in [-0.1, -0.05) is 42.5 Å². The highest BCUT2D eigenvalue weighted by Crippen LogP contribution is 2.48. The van der Waals surface area contributed by atoms with E-state index in [4.69, 9.17) is 9.47 Å². The van der Waals surface area contributed by atoms with Crippen LogP contribution in [0, 0.1) is 11.3 Å². The third-order valence-electron chi connectivity index (χ3n) is 6.66. The maximum atomic E-state index is 13.3. The highest BCUT2D eigenvalue weighted by molar-refractivity contribution is 7.84. The van der Waals surface area contributed by atoms with E-state index in [1.54, 1.807) is 54.6 Å². The van der Waals surface area contributed by atoms with E-state index in [-0.39, 0.29) is 22.0 Å². The largest absolute Gasteiger partial charge is 0.497 e. The summed E-state index contributed by atoms with van der Waals surface area (Å²) in [7, 11) is 1.54. The van der Waals surface area contributed by atoms with Crippen LogP contribution in [0.3, 0.4) is 0 Å². The Morgan fingerprint density at radius 1 is 1.08 bits per heavy atom. The van der Waals surface area contributed by atoms with Crippen LogP contribution in [0.25, 0.3) is 5.70 Å². The number of ketones is 1. The van der Waals surface area contributed by atoms with Crippen LogP contribution >= 0.6 is 12.6 Å². The van der Waals surface area contributed by atoms with Gasteiger partial charge in [0.15, 0.2) is 12.0 Å². The fraction of sp³-hybridized carbons (Fsp3) is 0.333. The molecule has 9 nitrogen and oxygen atoms in total. The molecular weight excluding hydrogens is 496 g/mol. The molecule has 2 aliphatic heterocycles. The number of carbonyl (C=O) groups excluding carboxylic acids is 1. The Hall–Kier alpha value is -3.17. The first-order chi connectivity index (χ1) is 17.7. The summed E-state index contributed by atoms with van der Waals surface area (Å²) in [4.78, 5) is 14.7. The number of Topliss-reactive ketones (excluding diaryl/α,β-unsaturated/α-hetero) is 1. The summed E-state index contributed by atoms with van der Waals surface area (Å²) in [5, 5.41) is 51.9. The predicted molar refractivity (Wildman–Crippen MR) is 137 cm³/mol. The van der Waals surface area contributed by atoms with E-state index in [0.29, 0.717) is 22.6 Å². The molecule has 2 aromatic rings. The molecule has 0 unspecified atom stereocenters. The number of hydrogen-bond acceptors (Lipinski definition) is 10. The number of benzene rings is 2. The first-order valence-corrected chi connectivity index (χ1v) is 12.1. The monoisotopic (exact) mass is 524 g/mol. The number of aliphatic hydroxyl groups excluding tert-OH is 4. The van der Waals surface area contributed by atoms with Gasteiger partial charge < -0.3 is 34.8 Å². The van der Waals surface area contributed by atoms with Crippen molar-refractivity contribution in [1.29, 1.82) is 5.26 Å². The first kappa shape index (κ1) is 26.9. The van der Waals surface area contributed by atoms with E-state index < -0.39 is 43.2 Å². The van der Waals surface area contributed by atoms with Crippen LogP contribution in [0.1, 0.15) is 24.0 Å². The molecule has 0 aromatic heterocycles. The average Bonchev–Trinajstić information content (AvgIpc) is 2.92. The first-order valence-electron chi connectivity index (χ1n) is 11.6. The van der Waals surface area contributed by atoms with Crippen molar-refractivity contribution in [2.75, 3.05) is 13.7 Å². The van der Waals surface area contributed by atoms with Crippen LogP contribution in [0.2, 0.25) is 0 Å². The second kappa shape index (κ2) is 11.1. The predicted octanol–water partition coefficient (Wildman–Crippen LogP) is 1.56. The lowest BCUT2D eigenvalue weighted by Crippen LogP contribution is -2.62. The minimum Gasteiger partial charge on any atom is -0.497 e. The third-order valence-corrected chi connectivity index (χ3v) is 7.12. The summed E-state index contributed by atoms with van der Waals surface area (Å²) in [6.45, 7) is 0.753. The van der Waals surface area contributed by atoms with Crippen molar-refractivity contribution >= 4 is 24.1 Å². The number of ether oxygens (including phenoxy) is 2. The summed E-state index contributed by atoms with van der Waals surface area (Å²) in [5.74, 6) is -0.521. The summed E-state index contributed by atoms with van der Waals surface area (Å²) in [5.41, 5.74) is 1.92. The minimum absolute atomic E-state index is 0.0940. The zero-order valence-electron chi connectivity index (χ0n) is 20.2. The van der Waals surface area contributed by atoms with Crippen LogP contribution in [-0.4, -0.2) is 75.5 Å². The number of methoxy groups -OCH3 is 1. The van der Waals surface area contributed by atoms with Gasteiger partial charge in [-0.2, -0.15) is 5.26 Å². The number of nitrogens with zero attached hydrogens (tertiary/aromatic N) is 2. The van der Waals surface area contributed by atoms with Gasteiger partial charge in [0, 0.05) is 5.57 Å². The van der Waals surface area contributed by atoms with Crippen molar-refractivity contribution in [1.82, 2.24) is 4.90 Å². The van der Waals surface area contributed by atoms with E-state index in [2.05, 4.69) is 18.7 Å². The molecule has 1 saturated heterocycles. The number of carbonyl (C=O) groups is 1. The summed E-state index contributed by atoms with van der Waals surface area (Å²) < 4.78 is 11.1. The Kier molecular flexibility index (Phi) is 8.04. The van der Waals surface area contributed by atoms with E-state index in [9.17, 15) is 30.5 Å². The normalized spacial score (nSPS) is 28.2. The third kappa shape index (κ3) is 4.78. The zero-order valence-corrected chi connectivity index (χ0v) is 21.1. The molecule has 194 valence electrons. The Labute approximate surface area is 219 Å². The lowest BCUT2D eigenvalue weighted by atomic mass is 9.78. The van der Waals surface area contributed by atoms with Gasteiger partial charge in [-0.05, 0) is 30.2 Å². The summed E-state index contributed by atoms with van der Waals surface area (Å²) in [6.07, 6.45) is -7.49. The van der Waals surface area contributed by atoms with Gasteiger partial charge in [-0.25, -0.2) is 0 Å². The zero-order chi connectivity index (χ0) is 26.9. The van der Waals surface area contributed by atoms with E-state index in [0.717, 1.165) is 0 Å². The lowest BCUT2D eigenvalue weighted by molar-refractivity contribution is -0.252. The number of rotatable bonds is 6. The molecule has 37 heavy (non-hydrogen) atoms. The standard InChI is InChI=1S/C27H28N2O7S/c1-14(31)20-21(15-8-10-17(35-2)11-9-15)18(12-28)27(37)29(22(20)16-6-4-3-5-7-16)26-25(34)24(33)23(32)19(13-30)36-26/h3-11,19,21,23-26,30,32-34,37H,13H2,1-2H3/t19-,21-,23+,24+,25+,26+/m0/s1. The van der Waals surface area contributed by atoms with Gasteiger partial charge in [0.25, 0.3) is 0 Å². The second-order valence-corrected chi connectivity index (χ2v) is 9.25. The van der Waals surface area contributed by atoms with E-state index >= 15 is 0 Å². The molecule has 6 atom stereocenters. The van der Waals surface area contributed by atoms with Gasteiger partial charge in [-0.15, -0.1) is 12.6 Å².